The van der Waals surface area contributed by atoms with Crippen LogP contribution in [0.5, 0.6) is 0 Å². The number of hydrogen-bond acceptors (Lipinski definition) is 2. The van der Waals surface area contributed by atoms with E-state index in [1.807, 2.05) is 0 Å². The van der Waals surface area contributed by atoms with E-state index < -0.39 is 0 Å². The summed E-state index contributed by atoms with van der Waals surface area (Å²) in [7, 11) is 0. The van der Waals surface area contributed by atoms with Crippen molar-refractivity contribution in [3.8, 4) is 0 Å². The van der Waals surface area contributed by atoms with E-state index in [0.717, 1.165) is 38.4 Å². The Labute approximate surface area is 150 Å². The normalized spacial score (nSPS) is 10.6. The third kappa shape index (κ3) is 25.8. The van der Waals surface area contributed by atoms with Crippen LogP contribution in [0.15, 0.2) is 23.3 Å². The van der Waals surface area contributed by atoms with E-state index in [9.17, 15) is 9.59 Å². The molecule has 0 aliphatic heterocycles. The van der Waals surface area contributed by atoms with Crippen LogP contribution in [0.25, 0.3) is 0 Å². The first-order chi connectivity index (χ1) is 11.4. The summed E-state index contributed by atoms with van der Waals surface area (Å²) in [6.45, 7) is 10.2. The molecule has 0 N–H and O–H groups in total. The van der Waals surface area contributed by atoms with Crippen molar-refractivity contribution >= 4 is 12.1 Å². The maximum atomic E-state index is 10.7. The zero-order valence-electron chi connectivity index (χ0n) is 16.8. The minimum Gasteiger partial charge on any atom is -0.303 e. The monoisotopic (exact) mass is 336 g/mol. The molecule has 0 aromatic rings. The van der Waals surface area contributed by atoms with Gasteiger partial charge in [0, 0.05) is 12.8 Å². The smallest absolute Gasteiger partial charge is 0.130 e. The highest BCUT2D eigenvalue weighted by molar-refractivity contribution is 5.75. The van der Waals surface area contributed by atoms with Gasteiger partial charge in [-0.25, -0.2) is 0 Å². The predicted octanol–water partition coefficient (Wildman–Crippen LogP) is 6.98. The number of carbonyl (C=O) groups excluding carboxylic acids is 2. The van der Waals surface area contributed by atoms with Crippen LogP contribution in [-0.4, -0.2) is 12.1 Å². The molecule has 140 valence electrons. The SMILES string of the molecule is CC(=O)CCC=C(C)CCC=C(C)C.CCCCCCCCC=O. The van der Waals surface area contributed by atoms with Crippen LogP contribution in [0.4, 0.5) is 0 Å². The van der Waals surface area contributed by atoms with Crippen LogP contribution in [-0.2, 0) is 9.59 Å². The Kier molecular flexibility index (Phi) is 20.7. The second-order valence-electron chi connectivity index (χ2n) is 6.83. The summed E-state index contributed by atoms with van der Waals surface area (Å²) < 4.78 is 0. The summed E-state index contributed by atoms with van der Waals surface area (Å²) in [4.78, 5) is 20.6. The van der Waals surface area contributed by atoms with Crippen molar-refractivity contribution in [1.82, 2.24) is 0 Å². The van der Waals surface area contributed by atoms with Gasteiger partial charge in [-0.15, -0.1) is 0 Å². The fraction of sp³-hybridized carbons (Fsp3) is 0.727. The molecule has 0 spiro atoms. The van der Waals surface area contributed by atoms with Crippen LogP contribution in [0.3, 0.4) is 0 Å². The van der Waals surface area contributed by atoms with Crippen LogP contribution in [0, 0.1) is 0 Å². The average Bonchev–Trinajstić information content (AvgIpc) is 2.51. The standard InChI is InChI=1S/C13H22O.C9H18O/c1-11(2)7-5-8-12(3)9-6-10-13(4)14;1-2-3-4-5-6-7-8-9-10/h7,9H,5-6,8,10H2,1-4H3;9H,2-8H2,1H3. The van der Waals surface area contributed by atoms with Gasteiger partial charge < -0.3 is 9.59 Å². The Balaban J connectivity index is 0. The summed E-state index contributed by atoms with van der Waals surface area (Å²) in [5.74, 6) is 0.276. The second-order valence-corrected chi connectivity index (χ2v) is 6.83. The third-order valence-corrected chi connectivity index (χ3v) is 3.76. The van der Waals surface area contributed by atoms with Crippen molar-refractivity contribution in [3.05, 3.63) is 23.3 Å². The largest absolute Gasteiger partial charge is 0.303 e. The van der Waals surface area contributed by atoms with Crippen molar-refractivity contribution in [3.63, 3.8) is 0 Å². The molecular weight excluding hydrogens is 296 g/mol. The Morgan fingerprint density at radius 3 is 1.88 bits per heavy atom. The average molecular weight is 337 g/mol. The number of ketones is 1. The summed E-state index contributed by atoms with van der Waals surface area (Å²) >= 11 is 0. The number of unbranched alkanes of at least 4 members (excludes halogenated alkanes) is 6. The molecule has 2 heteroatoms. The highest BCUT2D eigenvalue weighted by atomic mass is 16.1. The fourth-order valence-corrected chi connectivity index (χ4v) is 2.22. The van der Waals surface area contributed by atoms with Gasteiger partial charge in [0.25, 0.3) is 0 Å². The zero-order valence-corrected chi connectivity index (χ0v) is 16.8. The fourth-order valence-electron chi connectivity index (χ4n) is 2.22. The molecule has 0 fully saturated rings. The van der Waals surface area contributed by atoms with Crippen LogP contribution in [0.2, 0.25) is 0 Å². The van der Waals surface area contributed by atoms with Crippen LogP contribution >= 0.6 is 0 Å². The first-order valence-corrected chi connectivity index (χ1v) is 9.66. The summed E-state index contributed by atoms with van der Waals surface area (Å²) in [6.07, 6.45) is 17.6. The lowest BCUT2D eigenvalue weighted by molar-refractivity contribution is -0.117. The molecule has 0 saturated carbocycles. The third-order valence-electron chi connectivity index (χ3n) is 3.76. The van der Waals surface area contributed by atoms with E-state index in [1.54, 1.807) is 6.92 Å². The molecular formula is C22H40O2. The molecule has 0 aliphatic rings. The molecule has 0 rings (SSSR count). The molecule has 0 unspecified atom stereocenters. The molecule has 0 atom stereocenters. The maximum absolute atomic E-state index is 10.7. The van der Waals surface area contributed by atoms with Gasteiger partial charge in [0.1, 0.15) is 12.1 Å². The van der Waals surface area contributed by atoms with Crippen molar-refractivity contribution in [2.75, 3.05) is 0 Å². The van der Waals surface area contributed by atoms with Crippen molar-refractivity contribution < 1.29 is 9.59 Å². The second kappa shape index (κ2) is 19.9. The van der Waals surface area contributed by atoms with E-state index in [1.165, 1.54) is 43.3 Å². The van der Waals surface area contributed by atoms with Gasteiger partial charge in [0.05, 0.1) is 0 Å². The Bertz CT molecular complexity index is 360. The van der Waals surface area contributed by atoms with Crippen molar-refractivity contribution in [1.29, 1.82) is 0 Å². The number of allylic oxidation sites excluding steroid dienone is 4. The Morgan fingerprint density at radius 2 is 1.33 bits per heavy atom. The van der Waals surface area contributed by atoms with Crippen LogP contribution in [0.1, 0.15) is 105 Å². The quantitative estimate of drug-likeness (QED) is 0.206. The lowest BCUT2D eigenvalue weighted by Gasteiger charge is -1.98. The number of aldehydes is 1. The molecule has 0 heterocycles. The summed E-state index contributed by atoms with van der Waals surface area (Å²) in [5.41, 5.74) is 2.77. The summed E-state index contributed by atoms with van der Waals surface area (Å²) in [5, 5.41) is 0. The van der Waals surface area contributed by atoms with Gasteiger partial charge >= 0.3 is 0 Å². The summed E-state index contributed by atoms with van der Waals surface area (Å²) in [6, 6.07) is 0. The molecule has 0 saturated heterocycles. The minimum absolute atomic E-state index is 0.276. The number of rotatable bonds is 13. The predicted molar refractivity (Wildman–Crippen MR) is 106 cm³/mol. The van der Waals surface area contributed by atoms with Gasteiger partial charge in [-0.1, -0.05) is 62.3 Å². The zero-order chi connectivity index (χ0) is 18.6. The molecule has 2 nitrogen and oxygen atoms in total. The van der Waals surface area contributed by atoms with E-state index >= 15 is 0 Å². The lowest BCUT2D eigenvalue weighted by Crippen LogP contribution is -1.87. The molecule has 0 aromatic carbocycles. The van der Waals surface area contributed by atoms with Gasteiger partial charge in [-0.3, -0.25) is 0 Å². The number of Topliss-reactive ketones (excluding diaryl/α,β-unsaturated/α-hetero) is 1. The topological polar surface area (TPSA) is 34.1 Å². The molecule has 24 heavy (non-hydrogen) atoms. The van der Waals surface area contributed by atoms with Crippen molar-refractivity contribution in [2.45, 2.75) is 105 Å². The highest BCUT2D eigenvalue weighted by Crippen LogP contribution is 2.08. The van der Waals surface area contributed by atoms with Gasteiger partial charge in [0.2, 0.25) is 0 Å². The van der Waals surface area contributed by atoms with E-state index in [4.69, 9.17) is 0 Å². The number of hydrogen-bond donors (Lipinski definition) is 0. The highest BCUT2D eigenvalue weighted by Gasteiger charge is 1.92. The van der Waals surface area contributed by atoms with Crippen molar-refractivity contribution in [2.24, 2.45) is 0 Å². The Morgan fingerprint density at radius 1 is 0.750 bits per heavy atom. The van der Waals surface area contributed by atoms with E-state index in [2.05, 4.69) is 39.8 Å². The van der Waals surface area contributed by atoms with Gasteiger partial charge in [-0.05, 0) is 53.4 Å². The molecule has 0 bridgehead atoms. The Hall–Kier alpha value is -1.18. The van der Waals surface area contributed by atoms with E-state index in [-0.39, 0.29) is 5.78 Å². The van der Waals surface area contributed by atoms with Gasteiger partial charge in [-0.2, -0.15) is 0 Å². The molecule has 0 radical (unpaired) electrons. The first-order valence-electron chi connectivity index (χ1n) is 9.66. The molecule has 0 amide bonds. The first kappa shape index (κ1) is 25.1. The van der Waals surface area contributed by atoms with Crippen LogP contribution < -0.4 is 0 Å². The number of carbonyl (C=O) groups is 2. The van der Waals surface area contributed by atoms with E-state index in [0.29, 0.717) is 6.42 Å². The molecule has 0 aromatic heterocycles. The van der Waals surface area contributed by atoms with Gasteiger partial charge in [0.15, 0.2) is 0 Å². The maximum Gasteiger partial charge on any atom is 0.130 e. The lowest BCUT2D eigenvalue weighted by atomic mass is 10.1. The molecule has 0 aliphatic carbocycles. The minimum atomic E-state index is 0.276.